The van der Waals surface area contributed by atoms with Gasteiger partial charge in [-0.3, -0.25) is 0 Å². The molecule has 1 aliphatic carbocycles. The van der Waals surface area contributed by atoms with Gasteiger partial charge >= 0.3 is 6.09 Å². The van der Waals surface area contributed by atoms with E-state index in [1.165, 1.54) is 0 Å². The molecule has 0 radical (unpaired) electrons. The van der Waals surface area contributed by atoms with Crippen LogP contribution in [0.5, 0.6) is 0 Å². The molecule has 1 saturated carbocycles. The van der Waals surface area contributed by atoms with Crippen molar-refractivity contribution in [2.24, 2.45) is 0 Å². The molecule has 0 aromatic carbocycles. The second kappa shape index (κ2) is 3.37. The molecule has 1 amide bonds. The first kappa shape index (κ1) is 10.7. The van der Waals surface area contributed by atoms with Crippen LogP contribution in [0.15, 0.2) is 0 Å². The first-order valence-corrected chi connectivity index (χ1v) is 5.63. The van der Waals surface area contributed by atoms with Gasteiger partial charge in [0.15, 0.2) is 0 Å². The van der Waals surface area contributed by atoms with E-state index < -0.39 is 5.60 Å². The Balaban J connectivity index is 1.89. The molecule has 4 nitrogen and oxygen atoms in total. The standard InChI is InChI=1S/C11H20N2O2/c1-10(2,3)15-9(14)13-11-5-4-8(6-11)12-7-11/h8,12H,4-7H2,1-3H3,(H,13,14)/t8-,11-/m1/s1. The minimum atomic E-state index is -0.412. The number of ether oxygens (including phenoxy) is 1. The average Bonchev–Trinajstić information content (AvgIpc) is 2.58. The molecule has 2 aliphatic rings. The van der Waals surface area contributed by atoms with Crippen LogP contribution in [-0.2, 0) is 4.74 Å². The van der Waals surface area contributed by atoms with Crippen LogP contribution in [0.1, 0.15) is 40.0 Å². The molecule has 0 unspecified atom stereocenters. The minimum absolute atomic E-state index is 0.0347. The highest BCUT2D eigenvalue weighted by Gasteiger charge is 2.46. The van der Waals surface area contributed by atoms with Crippen molar-refractivity contribution in [1.82, 2.24) is 10.6 Å². The van der Waals surface area contributed by atoms with Crippen LogP contribution >= 0.6 is 0 Å². The van der Waals surface area contributed by atoms with E-state index in [1.54, 1.807) is 0 Å². The second-order valence-electron chi connectivity index (χ2n) is 5.73. The van der Waals surface area contributed by atoms with Crippen LogP contribution in [0.4, 0.5) is 4.79 Å². The largest absolute Gasteiger partial charge is 0.444 e. The summed E-state index contributed by atoms with van der Waals surface area (Å²) in [5, 5.41) is 6.41. The number of amides is 1. The van der Waals surface area contributed by atoms with Gasteiger partial charge in [0.05, 0.1) is 5.54 Å². The van der Waals surface area contributed by atoms with Gasteiger partial charge in [0.2, 0.25) is 0 Å². The maximum absolute atomic E-state index is 11.6. The summed E-state index contributed by atoms with van der Waals surface area (Å²) >= 11 is 0. The van der Waals surface area contributed by atoms with E-state index in [0.29, 0.717) is 6.04 Å². The summed E-state index contributed by atoms with van der Waals surface area (Å²) in [6, 6.07) is 0.597. The van der Waals surface area contributed by atoms with E-state index in [9.17, 15) is 4.79 Å². The Kier molecular flexibility index (Phi) is 2.41. The number of rotatable bonds is 1. The quantitative estimate of drug-likeness (QED) is 0.691. The van der Waals surface area contributed by atoms with Crippen molar-refractivity contribution in [2.75, 3.05) is 6.54 Å². The smallest absolute Gasteiger partial charge is 0.408 e. The minimum Gasteiger partial charge on any atom is -0.444 e. The zero-order valence-electron chi connectivity index (χ0n) is 9.72. The van der Waals surface area contributed by atoms with Gasteiger partial charge in [-0.15, -0.1) is 0 Å². The number of hydrogen-bond acceptors (Lipinski definition) is 3. The lowest BCUT2D eigenvalue weighted by Crippen LogP contribution is -2.51. The maximum atomic E-state index is 11.6. The number of alkyl carbamates (subject to hydrolysis) is 1. The molecule has 2 fully saturated rings. The van der Waals surface area contributed by atoms with E-state index in [4.69, 9.17) is 4.74 Å². The van der Waals surface area contributed by atoms with Gasteiger partial charge < -0.3 is 15.4 Å². The van der Waals surface area contributed by atoms with Gasteiger partial charge in [-0.1, -0.05) is 0 Å². The van der Waals surface area contributed by atoms with Crippen molar-refractivity contribution in [3.05, 3.63) is 0 Å². The van der Waals surface area contributed by atoms with Gasteiger partial charge in [-0.25, -0.2) is 4.79 Å². The number of carbonyl (C=O) groups excluding carboxylic acids is 1. The second-order valence-corrected chi connectivity index (χ2v) is 5.73. The zero-order valence-corrected chi connectivity index (χ0v) is 9.72. The van der Waals surface area contributed by atoms with Crippen LogP contribution in [0.2, 0.25) is 0 Å². The van der Waals surface area contributed by atoms with E-state index >= 15 is 0 Å². The monoisotopic (exact) mass is 212 g/mol. The third-order valence-corrected chi connectivity index (χ3v) is 3.10. The van der Waals surface area contributed by atoms with E-state index in [1.807, 2.05) is 20.8 Å². The van der Waals surface area contributed by atoms with Crippen LogP contribution in [0.25, 0.3) is 0 Å². The van der Waals surface area contributed by atoms with Crippen LogP contribution in [0.3, 0.4) is 0 Å². The Morgan fingerprint density at radius 3 is 2.67 bits per heavy atom. The maximum Gasteiger partial charge on any atom is 0.408 e. The summed E-state index contributed by atoms with van der Waals surface area (Å²) in [7, 11) is 0. The predicted octanol–water partition coefficient (Wildman–Crippen LogP) is 1.41. The summed E-state index contributed by atoms with van der Waals surface area (Å²) in [5.41, 5.74) is -0.447. The Morgan fingerprint density at radius 1 is 1.53 bits per heavy atom. The normalized spacial score (nSPS) is 34.2. The predicted molar refractivity (Wildman–Crippen MR) is 57.7 cm³/mol. The Hall–Kier alpha value is -0.770. The highest BCUT2D eigenvalue weighted by atomic mass is 16.6. The molecule has 0 aromatic heterocycles. The first-order valence-electron chi connectivity index (χ1n) is 5.63. The summed E-state index contributed by atoms with van der Waals surface area (Å²) in [4.78, 5) is 11.6. The molecule has 2 N–H and O–H groups in total. The fourth-order valence-electron chi connectivity index (χ4n) is 2.48. The highest BCUT2D eigenvalue weighted by Crippen LogP contribution is 2.35. The van der Waals surface area contributed by atoms with Gasteiger partial charge in [0, 0.05) is 12.6 Å². The molecule has 1 saturated heterocycles. The van der Waals surface area contributed by atoms with Crippen molar-refractivity contribution in [3.8, 4) is 0 Å². The van der Waals surface area contributed by atoms with Crippen molar-refractivity contribution in [3.63, 3.8) is 0 Å². The molecular weight excluding hydrogens is 192 g/mol. The molecule has 15 heavy (non-hydrogen) atoms. The zero-order chi connectivity index (χ0) is 11.1. The van der Waals surface area contributed by atoms with Gasteiger partial charge in [0.1, 0.15) is 5.60 Å². The lowest BCUT2D eigenvalue weighted by molar-refractivity contribution is 0.0464. The Morgan fingerprint density at radius 2 is 2.27 bits per heavy atom. The number of fused-ring (bicyclic) bond motifs is 2. The Bertz CT molecular complexity index is 262. The van der Waals surface area contributed by atoms with Gasteiger partial charge in [-0.2, -0.15) is 0 Å². The molecule has 2 rings (SSSR count). The van der Waals surface area contributed by atoms with Gasteiger partial charge in [0.25, 0.3) is 0 Å². The molecule has 0 spiro atoms. The average molecular weight is 212 g/mol. The van der Waals surface area contributed by atoms with Gasteiger partial charge in [-0.05, 0) is 40.0 Å². The molecule has 86 valence electrons. The third kappa shape index (κ3) is 2.43. The topological polar surface area (TPSA) is 50.4 Å². The van der Waals surface area contributed by atoms with Crippen LogP contribution < -0.4 is 10.6 Å². The SMILES string of the molecule is CC(C)(C)OC(=O)N[C@]12CC[C@H](C1)NC2. The van der Waals surface area contributed by atoms with E-state index in [0.717, 1.165) is 25.8 Å². The third-order valence-electron chi connectivity index (χ3n) is 3.10. The van der Waals surface area contributed by atoms with Crippen molar-refractivity contribution >= 4 is 6.09 Å². The molecule has 2 atom stereocenters. The van der Waals surface area contributed by atoms with Crippen molar-refractivity contribution in [1.29, 1.82) is 0 Å². The fourth-order valence-corrected chi connectivity index (χ4v) is 2.48. The summed E-state index contributed by atoms with van der Waals surface area (Å²) in [6.45, 7) is 6.54. The molecule has 4 heteroatoms. The lowest BCUT2D eigenvalue weighted by atomic mass is 10.00. The lowest BCUT2D eigenvalue weighted by Gasteiger charge is -2.29. The number of nitrogens with one attached hydrogen (secondary N) is 2. The van der Waals surface area contributed by atoms with Crippen LogP contribution in [-0.4, -0.2) is 29.8 Å². The summed E-state index contributed by atoms with van der Waals surface area (Å²) in [6.07, 6.45) is 3.00. The van der Waals surface area contributed by atoms with E-state index in [-0.39, 0.29) is 11.6 Å². The van der Waals surface area contributed by atoms with E-state index in [2.05, 4.69) is 10.6 Å². The molecule has 0 aromatic rings. The Labute approximate surface area is 90.8 Å². The van der Waals surface area contributed by atoms with Crippen molar-refractivity contribution in [2.45, 2.75) is 57.2 Å². The van der Waals surface area contributed by atoms with Crippen molar-refractivity contribution < 1.29 is 9.53 Å². The number of piperidine rings is 1. The summed E-state index contributed by atoms with van der Waals surface area (Å²) in [5.74, 6) is 0. The number of hydrogen-bond donors (Lipinski definition) is 2. The highest BCUT2D eigenvalue weighted by molar-refractivity contribution is 5.69. The fraction of sp³-hybridized carbons (Fsp3) is 0.909. The molecule has 2 bridgehead atoms. The molecule has 1 aliphatic heterocycles. The summed E-state index contributed by atoms with van der Waals surface area (Å²) < 4.78 is 5.27. The molecular formula is C11H20N2O2. The molecule has 1 heterocycles. The van der Waals surface area contributed by atoms with Crippen LogP contribution in [0, 0.1) is 0 Å². The number of carbonyl (C=O) groups is 1. The first-order chi connectivity index (χ1) is 6.89.